The van der Waals surface area contributed by atoms with Gasteiger partial charge in [-0.2, -0.15) is 0 Å². The predicted octanol–water partition coefficient (Wildman–Crippen LogP) is 13.5. The number of aromatic nitrogens is 2. The van der Waals surface area contributed by atoms with Gasteiger partial charge in [0.1, 0.15) is 0 Å². The smallest absolute Gasteiger partial charge is 0.0541 e. The lowest BCUT2D eigenvalue weighted by atomic mass is 9.97. The van der Waals surface area contributed by atoms with Crippen molar-refractivity contribution in [3.63, 3.8) is 0 Å². The molecule has 0 radical (unpaired) electrons. The van der Waals surface area contributed by atoms with Crippen molar-refractivity contribution >= 4 is 65.2 Å². The fourth-order valence-electron chi connectivity index (χ4n) is 8.58. The molecule has 0 spiro atoms. The SMILES string of the molecule is c1ccc(-n2c3ccccc3c3cc(-c4ccc5c(c4)c4ccccc4n5-c4cccc5ccccc45)ccc32)c(-c2cccc3ccccc23)c1. The third-order valence-corrected chi connectivity index (χ3v) is 10.9. The molecule has 2 heteroatoms. The molecule has 0 bridgehead atoms. The second-order valence-electron chi connectivity index (χ2n) is 13.7. The van der Waals surface area contributed by atoms with E-state index >= 15 is 0 Å². The van der Waals surface area contributed by atoms with Crippen molar-refractivity contribution in [1.82, 2.24) is 9.13 Å². The number of benzene rings is 9. The molecule has 0 saturated heterocycles. The average Bonchev–Trinajstić information content (AvgIpc) is 3.72. The largest absolute Gasteiger partial charge is 0.309 e. The zero-order valence-electron chi connectivity index (χ0n) is 28.4. The van der Waals surface area contributed by atoms with E-state index < -0.39 is 0 Å². The molecule has 2 aromatic heterocycles. The van der Waals surface area contributed by atoms with Gasteiger partial charge in [0.15, 0.2) is 0 Å². The zero-order chi connectivity index (χ0) is 34.2. The van der Waals surface area contributed by atoms with Gasteiger partial charge in [-0.1, -0.05) is 146 Å². The minimum Gasteiger partial charge on any atom is -0.309 e. The Morgan fingerprint density at radius 1 is 0.250 bits per heavy atom. The summed E-state index contributed by atoms with van der Waals surface area (Å²) < 4.78 is 4.88. The Morgan fingerprint density at radius 2 is 0.673 bits per heavy atom. The van der Waals surface area contributed by atoms with Crippen LogP contribution in [0.4, 0.5) is 0 Å². The molecule has 2 nitrogen and oxygen atoms in total. The average molecular weight is 661 g/mol. The van der Waals surface area contributed by atoms with Crippen LogP contribution in [0.5, 0.6) is 0 Å². The zero-order valence-corrected chi connectivity index (χ0v) is 28.4. The molecule has 0 amide bonds. The predicted molar refractivity (Wildman–Crippen MR) is 221 cm³/mol. The van der Waals surface area contributed by atoms with E-state index in [0.717, 1.165) is 0 Å². The highest BCUT2D eigenvalue weighted by atomic mass is 15.0. The van der Waals surface area contributed by atoms with Crippen LogP contribution >= 0.6 is 0 Å². The fourth-order valence-corrected chi connectivity index (χ4v) is 8.58. The molecule has 0 aliphatic heterocycles. The van der Waals surface area contributed by atoms with Crippen LogP contribution in [0.25, 0.3) is 98.8 Å². The minimum absolute atomic E-state index is 1.18. The fraction of sp³-hybridized carbons (Fsp3) is 0. The lowest BCUT2D eigenvalue weighted by molar-refractivity contribution is 1.18. The summed E-state index contributed by atoms with van der Waals surface area (Å²) >= 11 is 0. The lowest BCUT2D eigenvalue weighted by Crippen LogP contribution is -1.97. The van der Waals surface area contributed by atoms with Crippen molar-refractivity contribution in [2.24, 2.45) is 0 Å². The van der Waals surface area contributed by atoms with Crippen molar-refractivity contribution in [1.29, 1.82) is 0 Å². The number of hydrogen-bond acceptors (Lipinski definition) is 0. The third kappa shape index (κ3) is 4.25. The van der Waals surface area contributed by atoms with E-state index in [4.69, 9.17) is 0 Å². The van der Waals surface area contributed by atoms with Gasteiger partial charge in [-0.25, -0.2) is 0 Å². The van der Waals surface area contributed by atoms with Gasteiger partial charge in [0.2, 0.25) is 0 Å². The second kappa shape index (κ2) is 11.3. The first kappa shape index (κ1) is 28.9. The molecule has 2 heterocycles. The van der Waals surface area contributed by atoms with Crippen LogP contribution in [-0.2, 0) is 0 Å². The molecule has 0 fully saturated rings. The summed E-state index contributed by atoms with van der Waals surface area (Å²) in [4.78, 5) is 0. The van der Waals surface area contributed by atoms with Crippen molar-refractivity contribution in [2.75, 3.05) is 0 Å². The molecule has 11 rings (SSSR count). The molecule has 52 heavy (non-hydrogen) atoms. The molecule has 0 aliphatic rings. The maximum absolute atomic E-state index is 2.45. The first-order chi connectivity index (χ1) is 25.8. The molecule has 242 valence electrons. The molecular formula is C50H32N2. The van der Waals surface area contributed by atoms with Crippen LogP contribution in [0.2, 0.25) is 0 Å². The van der Waals surface area contributed by atoms with E-state index in [2.05, 4.69) is 203 Å². The van der Waals surface area contributed by atoms with E-state index in [1.54, 1.807) is 0 Å². The number of fused-ring (bicyclic) bond motifs is 8. The summed E-state index contributed by atoms with van der Waals surface area (Å²) in [6, 6.07) is 71.0. The first-order valence-electron chi connectivity index (χ1n) is 17.9. The van der Waals surface area contributed by atoms with E-state index in [1.807, 2.05) is 0 Å². The van der Waals surface area contributed by atoms with Crippen LogP contribution in [0.15, 0.2) is 194 Å². The summed E-state index contributed by atoms with van der Waals surface area (Å²) in [6.45, 7) is 0. The Kier molecular flexibility index (Phi) is 6.28. The van der Waals surface area contributed by atoms with Crippen LogP contribution in [0, 0.1) is 0 Å². The molecule has 0 aliphatic carbocycles. The van der Waals surface area contributed by atoms with Gasteiger partial charge in [0, 0.05) is 32.5 Å². The van der Waals surface area contributed by atoms with Gasteiger partial charge in [0.25, 0.3) is 0 Å². The molecule has 9 aromatic carbocycles. The highest BCUT2D eigenvalue weighted by molar-refractivity contribution is 6.14. The summed E-state index contributed by atoms with van der Waals surface area (Å²) in [5.41, 5.74) is 12.1. The van der Waals surface area contributed by atoms with E-state index in [-0.39, 0.29) is 0 Å². The van der Waals surface area contributed by atoms with Crippen LogP contribution in [0.3, 0.4) is 0 Å². The molecule has 0 saturated carbocycles. The van der Waals surface area contributed by atoms with E-state index in [9.17, 15) is 0 Å². The third-order valence-electron chi connectivity index (χ3n) is 10.9. The molecule has 11 aromatic rings. The number of para-hydroxylation sites is 3. The normalized spacial score (nSPS) is 11.8. The van der Waals surface area contributed by atoms with E-state index in [0.29, 0.717) is 0 Å². The first-order valence-corrected chi connectivity index (χ1v) is 17.9. The Labute approximate surface area is 301 Å². The van der Waals surface area contributed by atoms with Crippen molar-refractivity contribution in [2.45, 2.75) is 0 Å². The highest BCUT2D eigenvalue weighted by Gasteiger charge is 2.19. The molecule has 0 atom stereocenters. The second-order valence-corrected chi connectivity index (χ2v) is 13.7. The van der Waals surface area contributed by atoms with Crippen LogP contribution in [0.1, 0.15) is 0 Å². The Hall–Kier alpha value is -6.90. The maximum atomic E-state index is 2.45. The lowest BCUT2D eigenvalue weighted by Gasteiger charge is -2.15. The summed E-state index contributed by atoms with van der Waals surface area (Å²) in [5.74, 6) is 0. The van der Waals surface area contributed by atoms with Crippen molar-refractivity contribution in [3.8, 4) is 33.6 Å². The summed E-state index contributed by atoms with van der Waals surface area (Å²) in [7, 11) is 0. The monoisotopic (exact) mass is 660 g/mol. The standard InChI is InChI=1S/C50H32N2/c1-3-17-37-33(13-1)15-11-22-39(37)40-19-5-8-23-46(40)52-48-25-10-7-21-42(48)44-32-36(28-30-50(44)52)35-27-29-49-43(31-35)41-20-6-9-24-47(41)51(49)45-26-12-16-34-14-2-4-18-38(34)45/h1-32H. The van der Waals surface area contributed by atoms with Gasteiger partial charge < -0.3 is 9.13 Å². The number of hydrogen-bond donors (Lipinski definition) is 0. The Balaban J connectivity index is 1.11. The van der Waals surface area contributed by atoms with Gasteiger partial charge in [0.05, 0.1) is 33.4 Å². The van der Waals surface area contributed by atoms with Crippen LogP contribution < -0.4 is 0 Å². The molecule has 0 unspecified atom stereocenters. The summed E-state index contributed by atoms with van der Waals surface area (Å²) in [6.07, 6.45) is 0. The van der Waals surface area contributed by atoms with Crippen LogP contribution in [-0.4, -0.2) is 9.13 Å². The minimum atomic E-state index is 1.18. The van der Waals surface area contributed by atoms with Crippen molar-refractivity contribution in [3.05, 3.63) is 194 Å². The molecule has 0 N–H and O–H groups in total. The number of nitrogens with zero attached hydrogens (tertiary/aromatic N) is 2. The Morgan fingerprint density at radius 3 is 1.35 bits per heavy atom. The van der Waals surface area contributed by atoms with Gasteiger partial charge in [-0.15, -0.1) is 0 Å². The summed E-state index contributed by atoms with van der Waals surface area (Å²) in [5, 5.41) is 10.0. The highest BCUT2D eigenvalue weighted by Crippen LogP contribution is 2.41. The van der Waals surface area contributed by atoms with E-state index in [1.165, 1.54) is 98.8 Å². The molecular weight excluding hydrogens is 629 g/mol. The van der Waals surface area contributed by atoms with Gasteiger partial charge in [-0.05, 0) is 81.4 Å². The topological polar surface area (TPSA) is 9.86 Å². The van der Waals surface area contributed by atoms with Crippen molar-refractivity contribution < 1.29 is 0 Å². The maximum Gasteiger partial charge on any atom is 0.0541 e. The Bertz CT molecular complexity index is 3180. The van der Waals surface area contributed by atoms with Gasteiger partial charge >= 0.3 is 0 Å². The quantitative estimate of drug-likeness (QED) is 0.178. The number of rotatable bonds is 4. The van der Waals surface area contributed by atoms with Gasteiger partial charge in [-0.3, -0.25) is 0 Å².